The van der Waals surface area contributed by atoms with Crippen molar-refractivity contribution in [3.8, 4) is 0 Å². The molecular formula is C39H48N6O12. The monoisotopic (exact) mass is 792 g/mol. The number of hydroxylamine groups is 2. The van der Waals surface area contributed by atoms with Crippen molar-refractivity contribution < 1.29 is 57.5 Å². The van der Waals surface area contributed by atoms with E-state index in [1.165, 1.54) is 12.1 Å². The number of hydrogen-bond acceptors (Lipinski definition) is 12. The van der Waals surface area contributed by atoms with Gasteiger partial charge in [-0.3, -0.25) is 44.2 Å². The van der Waals surface area contributed by atoms with Gasteiger partial charge in [0.25, 0.3) is 11.8 Å². The summed E-state index contributed by atoms with van der Waals surface area (Å²) < 4.78 is 10.9. The third kappa shape index (κ3) is 13.6. The number of barbiturate groups is 1. The highest BCUT2D eigenvalue weighted by Gasteiger charge is 2.51. The van der Waals surface area contributed by atoms with Crippen molar-refractivity contribution in [3.63, 3.8) is 0 Å². The molecule has 9 amide bonds. The zero-order chi connectivity index (χ0) is 41.0. The molecule has 0 radical (unpaired) electrons. The quantitative estimate of drug-likeness (QED) is 0.0565. The molecule has 4 rings (SSSR count). The van der Waals surface area contributed by atoms with E-state index in [9.17, 15) is 43.2 Å². The first-order valence-corrected chi connectivity index (χ1v) is 18.8. The molecule has 0 atom stereocenters. The van der Waals surface area contributed by atoms with E-state index in [1.807, 2.05) is 0 Å². The fraction of sp³-hybridized carbons (Fsp3) is 0.462. The van der Waals surface area contributed by atoms with Gasteiger partial charge in [0.15, 0.2) is 5.41 Å². The highest BCUT2D eigenvalue weighted by Crippen LogP contribution is 2.32. The Bertz CT molecular complexity index is 1730. The van der Waals surface area contributed by atoms with Crippen LogP contribution in [0.25, 0.3) is 0 Å². The molecule has 0 unspecified atom stereocenters. The van der Waals surface area contributed by atoms with Gasteiger partial charge < -0.3 is 30.3 Å². The second-order valence-corrected chi connectivity index (χ2v) is 13.3. The van der Waals surface area contributed by atoms with Crippen LogP contribution in [0.2, 0.25) is 0 Å². The van der Waals surface area contributed by atoms with Gasteiger partial charge in [0.1, 0.15) is 0 Å². The lowest BCUT2D eigenvalue weighted by Gasteiger charge is -2.34. The number of imide groups is 3. The SMILES string of the molecule is O=C(CCCC(=O)NCCOCCOCCNC(=O)CCc1ccc(C(=O)ON2C(=O)CCC2=O)cc1)NCCCCC1(c2ccccc2)C(=O)NC(=O)NC1=O. The maximum atomic E-state index is 12.8. The van der Waals surface area contributed by atoms with Crippen LogP contribution in [0.1, 0.15) is 79.3 Å². The van der Waals surface area contributed by atoms with Gasteiger partial charge in [-0.05, 0) is 55.4 Å². The minimum Gasteiger partial charge on any atom is -0.377 e. The molecular weight excluding hydrogens is 744 g/mol. The van der Waals surface area contributed by atoms with Crippen LogP contribution in [0.15, 0.2) is 54.6 Å². The van der Waals surface area contributed by atoms with Crippen molar-refractivity contribution in [1.29, 1.82) is 0 Å². The van der Waals surface area contributed by atoms with Crippen LogP contribution < -0.4 is 26.6 Å². The molecule has 0 bridgehead atoms. The van der Waals surface area contributed by atoms with Gasteiger partial charge in [-0.25, -0.2) is 9.59 Å². The van der Waals surface area contributed by atoms with Gasteiger partial charge >= 0.3 is 12.0 Å². The van der Waals surface area contributed by atoms with Gasteiger partial charge in [0.05, 0.1) is 32.0 Å². The minimum absolute atomic E-state index is 0.0119. The fourth-order valence-corrected chi connectivity index (χ4v) is 6.03. The molecule has 5 N–H and O–H groups in total. The molecule has 57 heavy (non-hydrogen) atoms. The molecule has 0 aliphatic carbocycles. The van der Waals surface area contributed by atoms with E-state index in [0.717, 1.165) is 5.56 Å². The molecule has 2 saturated heterocycles. The molecule has 306 valence electrons. The van der Waals surface area contributed by atoms with E-state index < -0.39 is 41.0 Å². The van der Waals surface area contributed by atoms with Crippen LogP contribution in [0, 0.1) is 0 Å². The van der Waals surface area contributed by atoms with Crippen molar-refractivity contribution in [3.05, 3.63) is 71.3 Å². The number of amides is 9. The lowest BCUT2D eigenvalue weighted by Crippen LogP contribution is -2.64. The van der Waals surface area contributed by atoms with E-state index in [0.29, 0.717) is 69.2 Å². The van der Waals surface area contributed by atoms with Crippen LogP contribution >= 0.6 is 0 Å². The summed E-state index contributed by atoms with van der Waals surface area (Å²) in [6, 6.07) is 14.0. The van der Waals surface area contributed by atoms with E-state index in [1.54, 1.807) is 42.5 Å². The first-order chi connectivity index (χ1) is 27.5. The predicted molar refractivity (Wildman–Crippen MR) is 199 cm³/mol. The second kappa shape index (κ2) is 22.5. The standard InChI is InChI=1S/C39H48N6O12/c46-30(40-20-5-4-19-39(29-7-2-1-3-8-29)36(52)43-38(54)44-37(39)53)9-6-10-31(47)41-21-23-55-25-26-56-24-22-42-32(48)16-13-27-11-14-28(15-12-27)35(51)57-45-33(49)17-18-34(45)50/h1-3,7-8,11-12,14-15H,4-6,9-10,13,16-26H2,(H,40,46)(H,41,47)(H,42,48)(H2,43,44,52,53,54). The number of unbranched alkanes of at least 4 members (excludes halogenated alkanes) is 1. The van der Waals surface area contributed by atoms with Crippen molar-refractivity contribution >= 4 is 53.4 Å². The Morgan fingerprint density at radius 2 is 1.18 bits per heavy atom. The third-order valence-electron chi connectivity index (χ3n) is 9.12. The Kier molecular flexibility index (Phi) is 17.3. The fourth-order valence-electron chi connectivity index (χ4n) is 6.03. The average molecular weight is 793 g/mol. The zero-order valence-corrected chi connectivity index (χ0v) is 31.6. The van der Waals surface area contributed by atoms with Crippen LogP contribution in [-0.4, -0.2) is 104 Å². The maximum absolute atomic E-state index is 12.8. The first kappa shape index (κ1) is 43.7. The Morgan fingerprint density at radius 3 is 1.75 bits per heavy atom. The van der Waals surface area contributed by atoms with E-state index in [4.69, 9.17) is 14.3 Å². The predicted octanol–water partition coefficient (Wildman–Crippen LogP) is 0.866. The van der Waals surface area contributed by atoms with Crippen LogP contribution in [0.5, 0.6) is 0 Å². The molecule has 18 nitrogen and oxygen atoms in total. The number of ether oxygens (including phenoxy) is 2. The smallest absolute Gasteiger partial charge is 0.363 e. The molecule has 0 saturated carbocycles. The molecule has 2 aromatic carbocycles. The Balaban J connectivity index is 0.941. The van der Waals surface area contributed by atoms with Crippen LogP contribution in [0.3, 0.4) is 0 Å². The third-order valence-corrected chi connectivity index (χ3v) is 9.12. The number of aryl methyl sites for hydroxylation is 1. The molecule has 0 aromatic heterocycles. The second-order valence-electron chi connectivity index (χ2n) is 13.3. The summed E-state index contributed by atoms with van der Waals surface area (Å²) >= 11 is 0. The van der Waals surface area contributed by atoms with Crippen molar-refractivity contribution in [2.75, 3.05) is 46.1 Å². The maximum Gasteiger partial charge on any atom is 0.363 e. The molecule has 2 fully saturated rings. The summed E-state index contributed by atoms with van der Waals surface area (Å²) in [5.74, 6) is -3.88. The highest BCUT2D eigenvalue weighted by molar-refractivity contribution is 6.22. The summed E-state index contributed by atoms with van der Waals surface area (Å²) in [5, 5.41) is 13.1. The Labute approximate surface area is 329 Å². The van der Waals surface area contributed by atoms with Gasteiger partial charge in [-0.2, -0.15) is 0 Å². The molecule has 2 aromatic rings. The van der Waals surface area contributed by atoms with Crippen molar-refractivity contribution in [1.82, 2.24) is 31.6 Å². The molecule has 18 heteroatoms. The summed E-state index contributed by atoms with van der Waals surface area (Å²) in [5.41, 5.74) is -0.0760. The van der Waals surface area contributed by atoms with Crippen molar-refractivity contribution in [2.24, 2.45) is 0 Å². The highest BCUT2D eigenvalue weighted by atomic mass is 16.7. The lowest BCUT2D eigenvalue weighted by atomic mass is 9.73. The molecule has 2 aliphatic heterocycles. The van der Waals surface area contributed by atoms with Crippen molar-refractivity contribution in [2.45, 2.75) is 69.6 Å². The summed E-state index contributed by atoms with van der Waals surface area (Å²) in [6.45, 7) is 2.09. The first-order valence-electron chi connectivity index (χ1n) is 18.8. The normalized spacial score (nSPS) is 14.8. The Hall–Kier alpha value is -6.01. The Morgan fingerprint density at radius 1 is 0.632 bits per heavy atom. The molecule has 0 spiro atoms. The number of carbonyl (C=O) groups is 9. The summed E-state index contributed by atoms with van der Waals surface area (Å²) in [6.07, 6.45) is 2.44. The minimum atomic E-state index is -1.54. The van der Waals surface area contributed by atoms with Crippen LogP contribution in [-0.2, 0) is 59.7 Å². The lowest BCUT2D eigenvalue weighted by molar-refractivity contribution is -0.172. The number of nitrogens with zero attached hydrogens (tertiary/aromatic N) is 1. The van der Waals surface area contributed by atoms with Gasteiger partial charge in [-0.1, -0.05) is 42.5 Å². The van der Waals surface area contributed by atoms with Crippen LogP contribution in [0.4, 0.5) is 4.79 Å². The number of benzene rings is 2. The average Bonchev–Trinajstić information content (AvgIpc) is 3.51. The molecule has 2 heterocycles. The number of carbonyl (C=O) groups excluding carboxylic acids is 9. The number of rotatable bonds is 24. The van der Waals surface area contributed by atoms with Gasteiger partial charge in [0, 0.05) is 51.7 Å². The van der Waals surface area contributed by atoms with E-state index >= 15 is 0 Å². The summed E-state index contributed by atoms with van der Waals surface area (Å²) in [7, 11) is 0. The van der Waals surface area contributed by atoms with Gasteiger partial charge in [0.2, 0.25) is 29.5 Å². The van der Waals surface area contributed by atoms with E-state index in [-0.39, 0.29) is 75.0 Å². The largest absolute Gasteiger partial charge is 0.377 e. The van der Waals surface area contributed by atoms with E-state index in [2.05, 4.69) is 26.6 Å². The molecule has 2 aliphatic rings. The van der Waals surface area contributed by atoms with Gasteiger partial charge in [-0.15, -0.1) is 5.06 Å². The topological polar surface area (TPSA) is 245 Å². The number of hydrogen-bond donors (Lipinski definition) is 5. The summed E-state index contributed by atoms with van der Waals surface area (Å²) in [4.78, 5) is 114. The number of nitrogens with one attached hydrogen (secondary N) is 5. The zero-order valence-electron chi connectivity index (χ0n) is 31.6. The number of urea groups is 1.